The summed E-state index contributed by atoms with van der Waals surface area (Å²) >= 11 is 5.72. The minimum atomic E-state index is -0.738. The first-order valence-electron chi connectivity index (χ1n) is 4.90. The van der Waals surface area contributed by atoms with E-state index in [0.717, 1.165) is 0 Å². The van der Waals surface area contributed by atoms with Crippen molar-refractivity contribution in [2.45, 2.75) is 19.4 Å². The number of halogens is 2. The molecule has 5 heteroatoms. The van der Waals surface area contributed by atoms with Gasteiger partial charge in [-0.15, -0.1) is 0 Å². The zero-order valence-electron chi connectivity index (χ0n) is 8.87. The second-order valence-electron chi connectivity index (χ2n) is 3.28. The largest absolute Gasteiger partial charge is 0.466 e. The molecule has 0 saturated heterocycles. The van der Waals surface area contributed by atoms with Gasteiger partial charge in [0.25, 0.3) is 0 Å². The maximum absolute atomic E-state index is 13.4. The minimum absolute atomic E-state index is 0.0644. The van der Waals surface area contributed by atoms with Crippen molar-refractivity contribution >= 4 is 17.6 Å². The van der Waals surface area contributed by atoms with Crippen LogP contribution in [0.3, 0.4) is 0 Å². The molecule has 0 bridgehead atoms. The van der Waals surface area contributed by atoms with Crippen molar-refractivity contribution in [3.05, 3.63) is 34.6 Å². The van der Waals surface area contributed by atoms with Gasteiger partial charge in [-0.25, -0.2) is 4.39 Å². The zero-order valence-corrected chi connectivity index (χ0v) is 9.63. The molecule has 0 unspecified atom stereocenters. The molecule has 0 fully saturated rings. The number of hydrogen-bond acceptors (Lipinski definition) is 3. The zero-order chi connectivity index (χ0) is 12.1. The van der Waals surface area contributed by atoms with Crippen LogP contribution in [-0.2, 0) is 9.53 Å². The van der Waals surface area contributed by atoms with Gasteiger partial charge in [-0.1, -0.05) is 11.6 Å². The summed E-state index contributed by atoms with van der Waals surface area (Å²) in [7, 11) is 0. The molecule has 0 aliphatic heterocycles. The summed E-state index contributed by atoms with van der Waals surface area (Å²) < 4.78 is 18.1. The van der Waals surface area contributed by atoms with Gasteiger partial charge in [0.1, 0.15) is 5.82 Å². The maximum Gasteiger partial charge on any atom is 0.307 e. The highest BCUT2D eigenvalue weighted by Gasteiger charge is 2.16. The van der Waals surface area contributed by atoms with Crippen LogP contribution in [0, 0.1) is 5.82 Å². The topological polar surface area (TPSA) is 52.3 Å². The van der Waals surface area contributed by atoms with E-state index in [1.807, 2.05) is 0 Å². The predicted molar refractivity (Wildman–Crippen MR) is 59.6 cm³/mol. The van der Waals surface area contributed by atoms with E-state index in [1.54, 1.807) is 6.92 Å². The first kappa shape index (κ1) is 12.9. The molecular formula is C11H13ClFNO2. The van der Waals surface area contributed by atoms with Crippen molar-refractivity contribution in [2.75, 3.05) is 6.61 Å². The molecule has 0 radical (unpaired) electrons. The van der Waals surface area contributed by atoms with Crippen molar-refractivity contribution in [3.8, 4) is 0 Å². The molecule has 16 heavy (non-hydrogen) atoms. The Hall–Kier alpha value is -1.13. The van der Waals surface area contributed by atoms with Gasteiger partial charge >= 0.3 is 5.97 Å². The highest BCUT2D eigenvalue weighted by atomic mass is 35.5. The second-order valence-corrected chi connectivity index (χ2v) is 3.72. The molecule has 0 saturated carbocycles. The fourth-order valence-corrected chi connectivity index (χ4v) is 1.49. The maximum atomic E-state index is 13.4. The van der Waals surface area contributed by atoms with Crippen LogP contribution in [0.15, 0.2) is 18.2 Å². The Morgan fingerprint density at radius 2 is 2.31 bits per heavy atom. The van der Waals surface area contributed by atoms with E-state index in [0.29, 0.717) is 5.02 Å². The summed E-state index contributed by atoms with van der Waals surface area (Å²) in [6, 6.07) is 3.33. The molecule has 0 amide bonds. The van der Waals surface area contributed by atoms with E-state index in [4.69, 9.17) is 22.1 Å². The van der Waals surface area contributed by atoms with Crippen LogP contribution in [0.4, 0.5) is 4.39 Å². The highest BCUT2D eigenvalue weighted by molar-refractivity contribution is 6.30. The number of carbonyl (C=O) groups is 1. The minimum Gasteiger partial charge on any atom is -0.466 e. The van der Waals surface area contributed by atoms with Gasteiger partial charge in [0.05, 0.1) is 13.0 Å². The molecule has 0 aliphatic rings. The average Bonchev–Trinajstić information content (AvgIpc) is 2.21. The van der Waals surface area contributed by atoms with Gasteiger partial charge < -0.3 is 10.5 Å². The number of esters is 1. The summed E-state index contributed by atoms with van der Waals surface area (Å²) in [5, 5.41) is 0.385. The summed E-state index contributed by atoms with van der Waals surface area (Å²) in [4.78, 5) is 11.2. The Balaban J connectivity index is 2.76. The Morgan fingerprint density at radius 3 is 2.94 bits per heavy atom. The van der Waals surface area contributed by atoms with E-state index >= 15 is 0 Å². The number of carbonyl (C=O) groups excluding carboxylic acids is 1. The quantitative estimate of drug-likeness (QED) is 0.829. The number of hydrogen-bond donors (Lipinski definition) is 1. The Morgan fingerprint density at radius 1 is 1.62 bits per heavy atom. The molecule has 88 valence electrons. The standard InChI is InChI=1S/C11H13ClFNO2/c1-2-16-11(15)6-10(14)8-5-7(12)3-4-9(8)13/h3-5,10H,2,6,14H2,1H3/t10-/m0/s1. The summed E-state index contributed by atoms with van der Waals surface area (Å²) in [6.07, 6.45) is -0.0644. The Labute approximate surface area is 98.3 Å². The fraction of sp³-hybridized carbons (Fsp3) is 0.364. The van der Waals surface area contributed by atoms with Crippen LogP contribution in [0.1, 0.15) is 24.9 Å². The molecule has 2 N–H and O–H groups in total. The van der Waals surface area contributed by atoms with Crippen molar-refractivity contribution in [1.82, 2.24) is 0 Å². The van der Waals surface area contributed by atoms with Gasteiger partial charge in [0.15, 0.2) is 0 Å². The number of nitrogens with two attached hydrogens (primary N) is 1. The first-order valence-corrected chi connectivity index (χ1v) is 5.28. The lowest BCUT2D eigenvalue weighted by Crippen LogP contribution is -2.18. The van der Waals surface area contributed by atoms with Gasteiger partial charge in [-0.3, -0.25) is 4.79 Å². The molecule has 0 aromatic heterocycles. The number of ether oxygens (including phenoxy) is 1. The Bertz CT molecular complexity index is 384. The third-order valence-electron chi connectivity index (χ3n) is 2.05. The predicted octanol–water partition coefficient (Wildman–Crippen LogP) is 2.43. The van der Waals surface area contributed by atoms with Crippen LogP contribution in [0.25, 0.3) is 0 Å². The first-order chi connectivity index (χ1) is 7.54. The average molecular weight is 246 g/mol. The normalized spacial score (nSPS) is 12.2. The fourth-order valence-electron chi connectivity index (χ4n) is 1.31. The van der Waals surface area contributed by atoms with E-state index in [1.165, 1.54) is 18.2 Å². The van der Waals surface area contributed by atoms with Gasteiger partial charge in [-0.2, -0.15) is 0 Å². The SMILES string of the molecule is CCOC(=O)C[C@H](N)c1cc(Cl)ccc1F. The molecule has 0 heterocycles. The van der Waals surface area contributed by atoms with Crippen LogP contribution in [0.5, 0.6) is 0 Å². The third kappa shape index (κ3) is 3.47. The lowest BCUT2D eigenvalue weighted by molar-refractivity contribution is -0.143. The molecule has 1 atom stereocenters. The van der Waals surface area contributed by atoms with Crippen molar-refractivity contribution < 1.29 is 13.9 Å². The lowest BCUT2D eigenvalue weighted by Gasteiger charge is -2.12. The molecular weight excluding hydrogens is 233 g/mol. The molecule has 3 nitrogen and oxygen atoms in total. The summed E-state index contributed by atoms with van der Waals surface area (Å²) in [6.45, 7) is 1.98. The molecule has 1 aromatic rings. The Kier molecular flexibility index (Phi) is 4.71. The van der Waals surface area contributed by atoms with Crippen LogP contribution in [-0.4, -0.2) is 12.6 Å². The van der Waals surface area contributed by atoms with Crippen molar-refractivity contribution in [3.63, 3.8) is 0 Å². The second kappa shape index (κ2) is 5.82. The van der Waals surface area contributed by atoms with Crippen LogP contribution in [0.2, 0.25) is 5.02 Å². The van der Waals surface area contributed by atoms with Crippen molar-refractivity contribution in [2.24, 2.45) is 5.73 Å². The number of benzene rings is 1. The highest BCUT2D eigenvalue weighted by Crippen LogP contribution is 2.22. The molecule has 1 rings (SSSR count). The third-order valence-corrected chi connectivity index (χ3v) is 2.28. The van der Waals surface area contributed by atoms with Gasteiger partial charge in [0, 0.05) is 16.6 Å². The van der Waals surface area contributed by atoms with E-state index < -0.39 is 17.8 Å². The van der Waals surface area contributed by atoms with Gasteiger partial charge in [0.2, 0.25) is 0 Å². The summed E-state index contributed by atoms with van der Waals surface area (Å²) in [5.74, 6) is -0.921. The monoisotopic (exact) mass is 245 g/mol. The smallest absolute Gasteiger partial charge is 0.307 e. The van der Waals surface area contributed by atoms with Crippen LogP contribution < -0.4 is 5.73 Å². The number of rotatable bonds is 4. The molecule has 0 aliphatic carbocycles. The molecule has 0 spiro atoms. The lowest BCUT2D eigenvalue weighted by atomic mass is 10.0. The van der Waals surface area contributed by atoms with E-state index in [9.17, 15) is 9.18 Å². The van der Waals surface area contributed by atoms with E-state index in [2.05, 4.69) is 0 Å². The van der Waals surface area contributed by atoms with E-state index in [-0.39, 0.29) is 18.6 Å². The molecule has 1 aromatic carbocycles. The summed E-state index contributed by atoms with van der Waals surface area (Å²) in [5.41, 5.74) is 5.92. The van der Waals surface area contributed by atoms with Gasteiger partial charge in [-0.05, 0) is 25.1 Å². The van der Waals surface area contributed by atoms with Crippen molar-refractivity contribution in [1.29, 1.82) is 0 Å². The van der Waals surface area contributed by atoms with Crippen LogP contribution >= 0.6 is 11.6 Å².